The van der Waals surface area contributed by atoms with Crippen LogP contribution in [0.2, 0.25) is 0 Å². The molecule has 8 heteroatoms. The maximum absolute atomic E-state index is 12.8. The fourth-order valence-corrected chi connectivity index (χ4v) is 5.62. The van der Waals surface area contributed by atoms with E-state index in [0.29, 0.717) is 56.3 Å². The first-order valence-electron chi connectivity index (χ1n) is 12.2. The second kappa shape index (κ2) is 11.7. The van der Waals surface area contributed by atoms with Gasteiger partial charge in [0.15, 0.2) is 0 Å². The minimum atomic E-state index is -3.45. The summed E-state index contributed by atoms with van der Waals surface area (Å²) >= 11 is 0. The predicted molar refractivity (Wildman–Crippen MR) is 141 cm³/mol. The highest BCUT2D eigenvalue weighted by molar-refractivity contribution is 7.89. The Morgan fingerprint density at radius 1 is 0.917 bits per heavy atom. The molecular weight excluding hydrogens is 474 g/mol. The molecule has 0 atom stereocenters. The molecule has 0 radical (unpaired) electrons. The first-order chi connectivity index (χ1) is 17.3. The Hall–Kier alpha value is -3.20. The maximum Gasteiger partial charge on any atom is 0.251 e. The van der Waals surface area contributed by atoms with Gasteiger partial charge in [-0.1, -0.05) is 42.5 Å². The smallest absolute Gasteiger partial charge is 0.251 e. The van der Waals surface area contributed by atoms with Crippen LogP contribution in [0.4, 0.5) is 0 Å². The molecule has 3 aromatic rings. The summed E-state index contributed by atoms with van der Waals surface area (Å²) in [6, 6.07) is 22.2. The number of amides is 1. The van der Waals surface area contributed by atoms with E-state index >= 15 is 0 Å². The van der Waals surface area contributed by atoms with Crippen molar-refractivity contribution in [3.63, 3.8) is 0 Å². The second-order valence-electron chi connectivity index (χ2n) is 9.06. The van der Waals surface area contributed by atoms with E-state index in [9.17, 15) is 13.2 Å². The SMILES string of the molecule is Cc1ccc(C)c(OCCNC(=O)c2ccc(CN3CCN(S(=O)(=O)c4ccccc4)CC3)cc2)c1. The number of sulfonamides is 1. The van der Waals surface area contributed by atoms with Gasteiger partial charge in [0.05, 0.1) is 11.4 Å². The van der Waals surface area contributed by atoms with Gasteiger partial charge in [0, 0.05) is 38.3 Å². The zero-order valence-electron chi connectivity index (χ0n) is 20.8. The molecule has 0 unspecified atom stereocenters. The molecule has 1 fully saturated rings. The van der Waals surface area contributed by atoms with E-state index in [1.54, 1.807) is 28.6 Å². The number of carbonyl (C=O) groups is 1. The summed E-state index contributed by atoms with van der Waals surface area (Å²) < 4.78 is 33.0. The molecule has 3 aromatic carbocycles. The standard InChI is InChI=1S/C28H33N3O4S/c1-22-8-9-23(2)27(20-22)35-19-14-29-28(32)25-12-10-24(11-13-25)21-30-15-17-31(18-16-30)36(33,34)26-6-4-3-5-7-26/h3-13,20H,14-19,21H2,1-2H3,(H,29,32). The third-order valence-corrected chi connectivity index (χ3v) is 8.24. The van der Waals surface area contributed by atoms with Crippen molar-refractivity contribution in [2.75, 3.05) is 39.3 Å². The molecule has 0 spiro atoms. The zero-order chi connectivity index (χ0) is 25.5. The molecule has 1 N–H and O–H groups in total. The van der Waals surface area contributed by atoms with Crippen LogP contribution in [-0.2, 0) is 16.6 Å². The lowest BCUT2D eigenvalue weighted by Crippen LogP contribution is -2.48. The monoisotopic (exact) mass is 507 g/mol. The molecule has 1 heterocycles. The largest absolute Gasteiger partial charge is 0.491 e. The minimum Gasteiger partial charge on any atom is -0.491 e. The van der Waals surface area contributed by atoms with E-state index in [4.69, 9.17) is 4.74 Å². The highest BCUT2D eigenvalue weighted by atomic mass is 32.2. The highest BCUT2D eigenvalue weighted by Crippen LogP contribution is 2.19. The average molecular weight is 508 g/mol. The van der Waals surface area contributed by atoms with E-state index in [1.165, 1.54) is 0 Å². The van der Waals surface area contributed by atoms with Gasteiger partial charge in [0.1, 0.15) is 12.4 Å². The number of carbonyl (C=O) groups excluding carboxylic acids is 1. The minimum absolute atomic E-state index is 0.133. The van der Waals surface area contributed by atoms with Crippen LogP contribution in [0.1, 0.15) is 27.0 Å². The zero-order valence-corrected chi connectivity index (χ0v) is 21.6. The first-order valence-corrected chi connectivity index (χ1v) is 13.6. The lowest BCUT2D eigenvalue weighted by molar-refractivity contribution is 0.0947. The van der Waals surface area contributed by atoms with Crippen LogP contribution in [0.25, 0.3) is 0 Å². The van der Waals surface area contributed by atoms with Crippen LogP contribution in [0.3, 0.4) is 0 Å². The fraction of sp³-hybridized carbons (Fsp3) is 0.321. The summed E-state index contributed by atoms with van der Waals surface area (Å²) in [5.74, 6) is 0.706. The predicted octanol–water partition coefficient (Wildman–Crippen LogP) is 3.62. The Morgan fingerprint density at radius 3 is 2.31 bits per heavy atom. The molecule has 0 aliphatic carbocycles. The van der Waals surface area contributed by atoms with Crippen molar-refractivity contribution in [1.29, 1.82) is 0 Å². The molecule has 190 valence electrons. The van der Waals surface area contributed by atoms with Crippen LogP contribution in [0.5, 0.6) is 5.75 Å². The van der Waals surface area contributed by atoms with Gasteiger partial charge in [-0.25, -0.2) is 8.42 Å². The molecule has 1 amide bonds. The van der Waals surface area contributed by atoms with Crippen LogP contribution in [-0.4, -0.2) is 62.9 Å². The number of ether oxygens (including phenoxy) is 1. The van der Waals surface area contributed by atoms with Gasteiger partial charge in [0.2, 0.25) is 10.0 Å². The van der Waals surface area contributed by atoms with Crippen molar-refractivity contribution >= 4 is 15.9 Å². The molecule has 36 heavy (non-hydrogen) atoms. The number of aryl methyl sites for hydroxylation is 2. The van der Waals surface area contributed by atoms with Crippen molar-refractivity contribution < 1.29 is 17.9 Å². The van der Waals surface area contributed by atoms with Gasteiger partial charge in [-0.15, -0.1) is 0 Å². The summed E-state index contributed by atoms with van der Waals surface area (Å²) in [7, 11) is -3.45. The summed E-state index contributed by atoms with van der Waals surface area (Å²) in [5, 5.41) is 2.90. The highest BCUT2D eigenvalue weighted by Gasteiger charge is 2.28. The quantitative estimate of drug-likeness (QED) is 0.448. The number of piperazine rings is 1. The molecule has 4 rings (SSSR count). The lowest BCUT2D eigenvalue weighted by Gasteiger charge is -2.34. The van der Waals surface area contributed by atoms with Crippen molar-refractivity contribution in [3.05, 3.63) is 95.1 Å². The fourth-order valence-electron chi connectivity index (χ4n) is 4.18. The number of hydrogen-bond donors (Lipinski definition) is 1. The molecule has 1 saturated heterocycles. The third-order valence-electron chi connectivity index (χ3n) is 6.32. The van der Waals surface area contributed by atoms with Gasteiger partial charge in [-0.05, 0) is 60.9 Å². The van der Waals surface area contributed by atoms with E-state index < -0.39 is 10.0 Å². The van der Waals surface area contributed by atoms with Crippen LogP contribution >= 0.6 is 0 Å². The Balaban J connectivity index is 1.21. The summed E-state index contributed by atoms with van der Waals surface area (Å²) in [6.45, 7) is 7.80. The van der Waals surface area contributed by atoms with E-state index in [0.717, 1.165) is 22.4 Å². The van der Waals surface area contributed by atoms with Crippen molar-refractivity contribution in [2.45, 2.75) is 25.3 Å². The summed E-state index contributed by atoms with van der Waals surface area (Å²) in [5.41, 5.74) is 3.90. The van der Waals surface area contributed by atoms with E-state index in [-0.39, 0.29) is 5.91 Å². The summed E-state index contributed by atoms with van der Waals surface area (Å²) in [4.78, 5) is 15.1. The normalized spacial score (nSPS) is 14.9. The van der Waals surface area contributed by atoms with Crippen LogP contribution in [0.15, 0.2) is 77.7 Å². The molecule has 1 aliphatic heterocycles. The van der Waals surface area contributed by atoms with Crippen molar-refractivity contribution in [1.82, 2.24) is 14.5 Å². The van der Waals surface area contributed by atoms with Gasteiger partial charge < -0.3 is 10.1 Å². The topological polar surface area (TPSA) is 79.0 Å². The van der Waals surface area contributed by atoms with Crippen molar-refractivity contribution in [2.24, 2.45) is 0 Å². The van der Waals surface area contributed by atoms with E-state index in [2.05, 4.69) is 10.2 Å². The lowest BCUT2D eigenvalue weighted by atomic mass is 10.1. The molecule has 0 saturated carbocycles. The number of nitrogens with zero attached hydrogens (tertiary/aromatic N) is 2. The number of rotatable bonds is 9. The molecular formula is C28H33N3O4S. The summed E-state index contributed by atoms with van der Waals surface area (Å²) in [6.07, 6.45) is 0. The Labute approximate surface area is 213 Å². The maximum atomic E-state index is 12.8. The average Bonchev–Trinajstić information content (AvgIpc) is 2.89. The van der Waals surface area contributed by atoms with Gasteiger partial charge in [-0.3, -0.25) is 9.69 Å². The first kappa shape index (κ1) is 25.9. The van der Waals surface area contributed by atoms with Crippen molar-refractivity contribution in [3.8, 4) is 5.75 Å². The molecule has 1 aliphatic rings. The Morgan fingerprint density at radius 2 is 1.61 bits per heavy atom. The molecule has 0 aromatic heterocycles. The second-order valence-corrected chi connectivity index (χ2v) is 11.0. The van der Waals surface area contributed by atoms with Crippen LogP contribution in [0, 0.1) is 13.8 Å². The number of nitrogens with one attached hydrogen (secondary N) is 1. The van der Waals surface area contributed by atoms with Gasteiger partial charge in [-0.2, -0.15) is 4.31 Å². The number of benzene rings is 3. The molecule has 0 bridgehead atoms. The Bertz CT molecular complexity index is 1270. The van der Waals surface area contributed by atoms with E-state index in [1.807, 2.05) is 62.4 Å². The molecule has 7 nitrogen and oxygen atoms in total. The third kappa shape index (κ3) is 6.51. The van der Waals surface area contributed by atoms with Crippen LogP contribution < -0.4 is 10.1 Å². The van der Waals surface area contributed by atoms with Gasteiger partial charge >= 0.3 is 0 Å². The Kier molecular flexibility index (Phi) is 8.40. The van der Waals surface area contributed by atoms with Gasteiger partial charge in [0.25, 0.3) is 5.91 Å². The number of hydrogen-bond acceptors (Lipinski definition) is 5.